The molecule has 6 heteroatoms. The third kappa shape index (κ3) is 4.61. The fourth-order valence-corrected chi connectivity index (χ4v) is 3.18. The lowest BCUT2D eigenvalue weighted by Gasteiger charge is -2.11. The van der Waals surface area contributed by atoms with Crippen LogP contribution >= 0.6 is 23.1 Å². The van der Waals surface area contributed by atoms with Crippen LogP contribution in [0.1, 0.15) is 28.2 Å². The number of amides is 1. The minimum Gasteiger partial charge on any atom is -0.478 e. The predicted octanol–water partition coefficient (Wildman–Crippen LogP) is 3.42. The van der Waals surface area contributed by atoms with Crippen molar-refractivity contribution in [3.63, 3.8) is 0 Å². The first kappa shape index (κ1) is 15.6. The van der Waals surface area contributed by atoms with E-state index in [1.165, 1.54) is 23.9 Å². The van der Waals surface area contributed by atoms with E-state index in [1.54, 1.807) is 23.5 Å². The molecular formula is C15H15NO3S2. The molecule has 1 aromatic carbocycles. The smallest absolute Gasteiger partial charge is 0.335 e. The van der Waals surface area contributed by atoms with Gasteiger partial charge in [0.15, 0.2) is 0 Å². The maximum absolute atomic E-state index is 11.9. The fraction of sp³-hybridized carbons (Fsp3) is 0.200. The maximum atomic E-state index is 11.9. The van der Waals surface area contributed by atoms with Gasteiger partial charge < -0.3 is 10.4 Å². The van der Waals surface area contributed by atoms with Crippen LogP contribution in [0.25, 0.3) is 0 Å². The van der Waals surface area contributed by atoms with Crippen molar-refractivity contribution < 1.29 is 14.7 Å². The number of carboxylic acid groups (broad SMARTS) is 1. The summed E-state index contributed by atoms with van der Waals surface area (Å²) in [6.07, 6.45) is 0. The molecule has 0 fully saturated rings. The first-order valence-electron chi connectivity index (χ1n) is 6.35. The summed E-state index contributed by atoms with van der Waals surface area (Å²) < 4.78 is 0. The van der Waals surface area contributed by atoms with Gasteiger partial charge in [0.1, 0.15) is 0 Å². The van der Waals surface area contributed by atoms with Crippen molar-refractivity contribution in [1.82, 2.24) is 5.32 Å². The highest BCUT2D eigenvalue weighted by molar-refractivity contribution is 8.00. The molecule has 4 nitrogen and oxygen atoms in total. The van der Waals surface area contributed by atoms with Crippen LogP contribution in [0.5, 0.6) is 0 Å². The third-order valence-corrected chi connectivity index (χ3v) is 4.89. The van der Waals surface area contributed by atoms with E-state index in [2.05, 4.69) is 5.32 Å². The molecule has 2 aromatic rings. The van der Waals surface area contributed by atoms with Crippen molar-refractivity contribution in [2.24, 2.45) is 0 Å². The van der Waals surface area contributed by atoms with Crippen LogP contribution in [-0.4, -0.2) is 22.7 Å². The van der Waals surface area contributed by atoms with E-state index in [-0.39, 0.29) is 17.5 Å². The van der Waals surface area contributed by atoms with Gasteiger partial charge in [-0.05, 0) is 42.6 Å². The molecule has 0 radical (unpaired) electrons. The van der Waals surface area contributed by atoms with Crippen molar-refractivity contribution in [3.8, 4) is 0 Å². The number of carboxylic acids is 1. The largest absolute Gasteiger partial charge is 0.478 e. The van der Waals surface area contributed by atoms with Crippen LogP contribution in [0, 0.1) is 0 Å². The molecular weight excluding hydrogens is 306 g/mol. The Morgan fingerprint density at radius 1 is 1.29 bits per heavy atom. The highest BCUT2D eigenvalue weighted by Gasteiger charge is 2.10. The number of benzene rings is 1. The summed E-state index contributed by atoms with van der Waals surface area (Å²) in [5.41, 5.74) is 0.245. The number of aromatic carboxylic acids is 1. The first-order valence-corrected chi connectivity index (χ1v) is 8.21. The highest BCUT2D eigenvalue weighted by atomic mass is 32.2. The van der Waals surface area contributed by atoms with Gasteiger partial charge in [-0.3, -0.25) is 4.79 Å². The van der Waals surface area contributed by atoms with E-state index in [0.717, 1.165) is 9.77 Å². The summed E-state index contributed by atoms with van der Waals surface area (Å²) in [5.74, 6) is -0.681. The SMILES string of the molecule is CC(NC(=O)CSc1ccc(C(=O)O)cc1)c1cccs1. The normalized spacial score (nSPS) is 11.9. The molecule has 0 saturated carbocycles. The number of rotatable bonds is 6. The van der Waals surface area contributed by atoms with Gasteiger partial charge in [0.25, 0.3) is 0 Å². The quantitative estimate of drug-likeness (QED) is 0.800. The molecule has 1 atom stereocenters. The lowest BCUT2D eigenvalue weighted by molar-refractivity contribution is -0.119. The predicted molar refractivity (Wildman–Crippen MR) is 85.0 cm³/mol. The van der Waals surface area contributed by atoms with Gasteiger partial charge in [-0.1, -0.05) is 6.07 Å². The molecule has 1 heterocycles. The van der Waals surface area contributed by atoms with E-state index < -0.39 is 5.97 Å². The van der Waals surface area contributed by atoms with E-state index in [9.17, 15) is 9.59 Å². The van der Waals surface area contributed by atoms with E-state index in [0.29, 0.717) is 5.75 Å². The van der Waals surface area contributed by atoms with Crippen molar-refractivity contribution in [2.45, 2.75) is 17.9 Å². The van der Waals surface area contributed by atoms with Gasteiger partial charge in [-0.2, -0.15) is 0 Å². The molecule has 110 valence electrons. The minimum absolute atomic E-state index is 0.00693. The Labute approximate surface area is 131 Å². The lowest BCUT2D eigenvalue weighted by Crippen LogP contribution is -2.27. The minimum atomic E-state index is -0.950. The van der Waals surface area contributed by atoms with Crippen molar-refractivity contribution >= 4 is 35.0 Å². The Kier molecular flexibility index (Phi) is 5.41. The van der Waals surface area contributed by atoms with Gasteiger partial charge in [0.2, 0.25) is 5.91 Å². The molecule has 0 aliphatic carbocycles. The zero-order valence-corrected chi connectivity index (χ0v) is 13.0. The molecule has 0 aliphatic heterocycles. The summed E-state index contributed by atoms with van der Waals surface area (Å²) in [5, 5.41) is 13.7. The molecule has 1 amide bonds. The Morgan fingerprint density at radius 2 is 2.00 bits per heavy atom. The number of carbonyl (C=O) groups excluding carboxylic acids is 1. The molecule has 2 rings (SSSR count). The van der Waals surface area contributed by atoms with Crippen molar-refractivity contribution in [1.29, 1.82) is 0 Å². The molecule has 2 N–H and O–H groups in total. The van der Waals surface area contributed by atoms with Gasteiger partial charge in [-0.15, -0.1) is 23.1 Å². The number of hydrogen-bond donors (Lipinski definition) is 2. The second-order valence-corrected chi connectivity index (χ2v) is 6.45. The molecule has 1 unspecified atom stereocenters. The van der Waals surface area contributed by atoms with Crippen LogP contribution in [0.3, 0.4) is 0 Å². The van der Waals surface area contributed by atoms with Crippen LogP contribution in [0.4, 0.5) is 0 Å². The fourth-order valence-electron chi connectivity index (χ4n) is 1.73. The zero-order valence-electron chi connectivity index (χ0n) is 11.4. The average molecular weight is 321 g/mol. The van der Waals surface area contributed by atoms with E-state index in [1.807, 2.05) is 24.4 Å². The van der Waals surface area contributed by atoms with E-state index in [4.69, 9.17) is 5.11 Å². The summed E-state index contributed by atoms with van der Waals surface area (Å²) in [4.78, 5) is 24.6. The second-order valence-electron chi connectivity index (χ2n) is 4.42. The standard InChI is InChI=1S/C15H15NO3S2/c1-10(13-3-2-8-20-13)16-14(17)9-21-12-6-4-11(5-7-12)15(18)19/h2-8,10H,9H2,1H3,(H,16,17)(H,18,19). The summed E-state index contributed by atoms with van der Waals surface area (Å²) in [7, 11) is 0. The maximum Gasteiger partial charge on any atom is 0.335 e. The van der Waals surface area contributed by atoms with Crippen LogP contribution in [-0.2, 0) is 4.79 Å². The monoisotopic (exact) mass is 321 g/mol. The lowest BCUT2D eigenvalue weighted by atomic mass is 10.2. The Bertz CT molecular complexity index is 608. The number of carbonyl (C=O) groups is 2. The van der Waals surface area contributed by atoms with Crippen LogP contribution < -0.4 is 5.32 Å². The molecule has 0 spiro atoms. The number of thiophene rings is 1. The van der Waals surface area contributed by atoms with Crippen LogP contribution in [0.15, 0.2) is 46.7 Å². The Balaban J connectivity index is 1.82. The Hall–Kier alpha value is -1.79. The van der Waals surface area contributed by atoms with Crippen molar-refractivity contribution in [3.05, 3.63) is 52.2 Å². The van der Waals surface area contributed by atoms with Gasteiger partial charge >= 0.3 is 5.97 Å². The summed E-state index contributed by atoms with van der Waals surface area (Å²) >= 11 is 3.00. The average Bonchev–Trinajstić information content (AvgIpc) is 3.00. The molecule has 0 bridgehead atoms. The number of hydrogen-bond acceptors (Lipinski definition) is 4. The third-order valence-electron chi connectivity index (χ3n) is 2.82. The summed E-state index contributed by atoms with van der Waals surface area (Å²) in [6.45, 7) is 1.95. The van der Waals surface area contributed by atoms with Crippen LogP contribution in [0.2, 0.25) is 0 Å². The first-order chi connectivity index (χ1) is 10.1. The summed E-state index contributed by atoms with van der Waals surface area (Å²) in [6, 6.07) is 10.5. The molecule has 1 aromatic heterocycles. The van der Waals surface area contributed by atoms with Gasteiger partial charge in [0.05, 0.1) is 17.4 Å². The number of thioether (sulfide) groups is 1. The van der Waals surface area contributed by atoms with Crippen molar-refractivity contribution in [2.75, 3.05) is 5.75 Å². The molecule has 0 aliphatic rings. The Morgan fingerprint density at radius 3 is 2.57 bits per heavy atom. The zero-order chi connectivity index (χ0) is 15.2. The molecule has 0 saturated heterocycles. The van der Waals surface area contributed by atoms with Gasteiger partial charge in [0, 0.05) is 9.77 Å². The van der Waals surface area contributed by atoms with E-state index >= 15 is 0 Å². The second kappa shape index (κ2) is 7.28. The highest BCUT2D eigenvalue weighted by Crippen LogP contribution is 2.20. The topological polar surface area (TPSA) is 66.4 Å². The van der Waals surface area contributed by atoms with Gasteiger partial charge in [-0.25, -0.2) is 4.79 Å². The number of nitrogens with one attached hydrogen (secondary N) is 1. The molecule has 21 heavy (non-hydrogen) atoms.